The third-order valence-electron chi connectivity index (χ3n) is 2.65. The van der Waals surface area contributed by atoms with Crippen molar-refractivity contribution in [3.05, 3.63) is 38.8 Å². The van der Waals surface area contributed by atoms with E-state index in [0.717, 1.165) is 10.7 Å². The molecular formula is C10H10ClN7O4. The molecule has 2 rings (SSSR count). The molecule has 0 radical (unpaired) electrons. The Morgan fingerprint density at radius 1 is 1.41 bits per heavy atom. The molecule has 0 aliphatic rings. The highest BCUT2D eigenvalue weighted by molar-refractivity contribution is 6.33. The largest absolute Gasteiger partial charge is 0.390 e. The fourth-order valence-electron chi connectivity index (χ4n) is 1.64. The van der Waals surface area contributed by atoms with Crippen LogP contribution in [-0.2, 0) is 7.05 Å². The lowest BCUT2D eigenvalue weighted by molar-refractivity contribution is -0.389. The number of aromatic nitrogens is 4. The minimum Gasteiger partial charge on any atom is -0.358 e. The fraction of sp³-hybridized carbons (Fsp3) is 0.200. The summed E-state index contributed by atoms with van der Waals surface area (Å²) in [4.78, 5) is 33.6. The van der Waals surface area contributed by atoms with Crippen molar-refractivity contribution in [2.45, 2.75) is 6.92 Å². The Morgan fingerprint density at radius 3 is 2.59 bits per heavy atom. The van der Waals surface area contributed by atoms with E-state index in [0.29, 0.717) is 0 Å². The van der Waals surface area contributed by atoms with Crippen LogP contribution >= 0.6 is 11.6 Å². The third-order valence-corrected chi connectivity index (χ3v) is 2.92. The average molecular weight is 328 g/mol. The highest BCUT2D eigenvalue weighted by Crippen LogP contribution is 2.13. The quantitative estimate of drug-likeness (QED) is 0.604. The van der Waals surface area contributed by atoms with Gasteiger partial charge in [0.05, 0.1) is 28.1 Å². The lowest BCUT2D eigenvalue weighted by atomic mass is 10.4. The van der Waals surface area contributed by atoms with E-state index in [2.05, 4.69) is 21.0 Å². The Hall–Kier alpha value is -2.95. The van der Waals surface area contributed by atoms with E-state index >= 15 is 0 Å². The molecule has 0 aliphatic carbocycles. The predicted octanol–water partition coefficient (Wildman–Crippen LogP) is 0.389. The summed E-state index contributed by atoms with van der Waals surface area (Å²) in [6.45, 7) is 1.46. The van der Waals surface area contributed by atoms with E-state index in [1.807, 2.05) is 0 Å². The topological polar surface area (TPSA) is 137 Å². The van der Waals surface area contributed by atoms with E-state index in [-0.39, 0.29) is 16.4 Å². The van der Waals surface area contributed by atoms with Gasteiger partial charge in [-0.25, -0.2) is 10.2 Å². The molecule has 2 aromatic rings. The van der Waals surface area contributed by atoms with E-state index in [1.54, 1.807) is 0 Å². The number of aryl methyl sites for hydroxylation is 2. The predicted molar refractivity (Wildman–Crippen MR) is 73.2 cm³/mol. The number of carbonyl (C=O) groups is 2. The first-order chi connectivity index (χ1) is 10.3. The van der Waals surface area contributed by atoms with E-state index in [9.17, 15) is 19.7 Å². The first-order valence-corrected chi connectivity index (χ1v) is 6.18. The minimum atomic E-state index is -0.864. The van der Waals surface area contributed by atoms with Crippen LogP contribution in [0, 0.1) is 17.0 Å². The van der Waals surface area contributed by atoms with Gasteiger partial charge in [-0.15, -0.1) is 0 Å². The minimum absolute atomic E-state index is 0.0464. The Kier molecular flexibility index (Phi) is 4.08. The summed E-state index contributed by atoms with van der Waals surface area (Å²) >= 11 is 5.79. The van der Waals surface area contributed by atoms with Gasteiger partial charge in [-0.05, 0) is 11.8 Å². The number of amides is 2. The van der Waals surface area contributed by atoms with Crippen LogP contribution in [-0.4, -0.2) is 36.4 Å². The van der Waals surface area contributed by atoms with Gasteiger partial charge in [-0.1, -0.05) is 16.3 Å². The van der Waals surface area contributed by atoms with Crippen LogP contribution in [0.3, 0.4) is 0 Å². The van der Waals surface area contributed by atoms with Crippen molar-refractivity contribution in [1.29, 1.82) is 0 Å². The van der Waals surface area contributed by atoms with Gasteiger partial charge in [0.2, 0.25) is 0 Å². The summed E-state index contributed by atoms with van der Waals surface area (Å²) in [6.07, 6.45) is 1.28. The molecule has 2 heterocycles. The number of hydrogen-bond donors (Lipinski definition) is 2. The van der Waals surface area contributed by atoms with Crippen molar-refractivity contribution in [1.82, 2.24) is 30.4 Å². The van der Waals surface area contributed by atoms with Gasteiger partial charge in [0.25, 0.3) is 5.91 Å². The number of nitrogens with one attached hydrogen (secondary N) is 2. The fourth-order valence-corrected chi connectivity index (χ4v) is 1.89. The second-order valence-electron chi connectivity index (χ2n) is 4.16. The maximum Gasteiger partial charge on any atom is 0.390 e. The second kappa shape index (κ2) is 5.81. The molecule has 0 fully saturated rings. The summed E-state index contributed by atoms with van der Waals surface area (Å²) in [6, 6.07) is 0.261. The van der Waals surface area contributed by atoms with E-state index < -0.39 is 22.7 Å². The van der Waals surface area contributed by atoms with Crippen molar-refractivity contribution < 1.29 is 14.5 Å². The molecule has 0 unspecified atom stereocenters. The number of nitrogens with zero attached hydrogens (tertiary/aromatic N) is 5. The molecule has 11 nitrogen and oxygen atoms in total. The smallest absolute Gasteiger partial charge is 0.358 e. The summed E-state index contributed by atoms with van der Waals surface area (Å²) in [5, 5.41) is 18.0. The van der Waals surface area contributed by atoms with Crippen molar-refractivity contribution in [3.8, 4) is 0 Å². The van der Waals surface area contributed by atoms with Gasteiger partial charge in [0.15, 0.2) is 0 Å². The molecule has 12 heteroatoms. The van der Waals surface area contributed by atoms with Gasteiger partial charge >= 0.3 is 11.8 Å². The van der Waals surface area contributed by atoms with Crippen LogP contribution in [0.1, 0.15) is 16.2 Å². The van der Waals surface area contributed by atoms with Crippen LogP contribution in [0.15, 0.2) is 12.3 Å². The molecule has 2 N–H and O–H groups in total. The van der Waals surface area contributed by atoms with Gasteiger partial charge in [-0.3, -0.25) is 14.9 Å². The molecule has 116 valence electrons. The zero-order valence-corrected chi connectivity index (χ0v) is 12.2. The Labute approximate surface area is 128 Å². The van der Waals surface area contributed by atoms with Crippen molar-refractivity contribution in [2.75, 3.05) is 0 Å². The lowest BCUT2D eigenvalue weighted by Gasteiger charge is -2.06. The van der Waals surface area contributed by atoms with Crippen LogP contribution in [0.4, 0.5) is 10.6 Å². The van der Waals surface area contributed by atoms with E-state index in [1.165, 1.54) is 24.9 Å². The molecule has 0 bridgehead atoms. The number of halogens is 1. The van der Waals surface area contributed by atoms with Crippen LogP contribution in [0.5, 0.6) is 0 Å². The van der Waals surface area contributed by atoms with Crippen molar-refractivity contribution in [3.63, 3.8) is 0 Å². The highest BCUT2D eigenvalue weighted by Gasteiger charge is 2.22. The molecule has 0 saturated carbocycles. The number of carbonyl (C=O) groups excluding carboxylic acids is 2. The molecule has 0 atom stereocenters. The zero-order valence-electron chi connectivity index (χ0n) is 11.4. The number of hydrogen-bond acceptors (Lipinski definition) is 6. The Morgan fingerprint density at radius 2 is 2.09 bits per heavy atom. The number of rotatable bonds is 2. The Balaban J connectivity index is 2.07. The molecule has 2 amide bonds. The summed E-state index contributed by atoms with van der Waals surface area (Å²) in [5.74, 6) is -1.17. The Bertz CT molecular complexity index is 746. The van der Waals surface area contributed by atoms with Gasteiger partial charge in [0.1, 0.15) is 5.69 Å². The molecule has 22 heavy (non-hydrogen) atoms. The first-order valence-electron chi connectivity index (χ1n) is 5.80. The standard InChI is InChI=1S/C10H10ClN7O4/c1-5-3-7(18(21)22)15-17(5)10(20)14-13-9(19)8-6(11)4-12-16(8)2/h3-4H,1-2H3,(H,13,19)(H,14,20). The highest BCUT2D eigenvalue weighted by atomic mass is 35.5. The second-order valence-corrected chi connectivity index (χ2v) is 4.57. The maximum absolute atomic E-state index is 11.9. The van der Waals surface area contributed by atoms with Crippen molar-refractivity contribution in [2.24, 2.45) is 7.05 Å². The van der Waals surface area contributed by atoms with E-state index in [4.69, 9.17) is 11.6 Å². The molecular weight excluding hydrogens is 318 g/mol. The monoisotopic (exact) mass is 327 g/mol. The normalized spacial score (nSPS) is 10.3. The molecule has 0 aromatic carbocycles. The first kappa shape index (κ1) is 15.4. The molecule has 0 saturated heterocycles. The van der Waals surface area contributed by atoms with Crippen molar-refractivity contribution >= 4 is 29.4 Å². The third kappa shape index (κ3) is 2.88. The van der Waals surface area contributed by atoms with Crippen LogP contribution in [0.2, 0.25) is 5.02 Å². The average Bonchev–Trinajstić information content (AvgIpc) is 2.99. The van der Waals surface area contributed by atoms with Crippen LogP contribution < -0.4 is 10.9 Å². The molecule has 2 aromatic heterocycles. The van der Waals surface area contributed by atoms with Gasteiger partial charge in [0, 0.05) is 7.05 Å². The number of hydrazine groups is 1. The van der Waals surface area contributed by atoms with Crippen LogP contribution in [0.25, 0.3) is 0 Å². The molecule has 0 aliphatic heterocycles. The SMILES string of the molecule is Cc1cc([N+](=O)[O-])nn1C(=O)NNC(=O)c1c(Cl)cnn1C. The van der Waals surface area contributed by atoms with Gasteiger partial charge in [-0.2, -0.15) is 5.10 Å². The van der Waals surface area contributed by atoms with Gasteiger partial charge < -0.3 is 10.1 Å². The molecule has 0 spiro atoms. The maximum atomic E-state index is 11.9. The summed E-state index contributed by atoms with van der Waals surface area (Å²) in [5.41, 5.74) is 4.47. The summed E-state index contributed by atoms with van der Waals surface area (Å²) < 4.78 is 1.98. The summed E-state index contributed by atoms with van der Waals surface area (Å²) in [7, 11) is 1.50. The lowest BCUT2D eigenvalue weighted by Crippen LogP contribution is -2.45. The number of nitro groups is 1. The zero-order chi connectivity index (χ0) is 16.4.